The minimum absolute atomic E-state index is 0.0104. The SMILES string of the molecule is O=C(CN1CCN(S(=O)(=O)c2cccs2)CC1)N[C@H]1CCCc2ccccc21. The van der Waals surface area contributed by atoms with E-state index in [2.05, 4.69) is 17.4 Å². The molecular weight excluding hydrogens is 394 g/mol. The van der Waals surface area contributed by atoms with Crippen molar-refractivity contribution in [2.75, 3.05) is 32.7 Å². The van der Waals surface area contributed by atoms with Crippen molar-refractivity contribution in [3.63, 3.8) is 0 Å². The highest BCUT2D eigenvalue weighted by molar-refractivity contribution is 7.91. The van der Waals surface area contributed by atoms with Crippen LogP contribution in [0.5, 0.6) is 0 Å². The standard InChI is InChI=1S/C20H25N3O3S2/c24-19(21-18-8-3-6-16-5-1-2-7-17(16)18)15-22-10-12-23(13-11-22)28(25,26)20-9-4-14-27-20/h1-2,4-5,7,9,14,18H,3,6,8,10-13,15H2,(H,21,24)/t18-/m0/s1. The lowest BCUT2D eigenvalue weighted by Gasteiger charge is -2.34. The molecular formula is C20H25N3O3S2. The van der Waals surface area contributed by atoms with Crippen LogP contribution in [0.4, 0.5) is 0 Å². The number of hydrogen-bond acceptors (Lipinski definition) is 5. The van der Waals surface area contributed by atoms with Gasteiger partial charge in [0.05, 0.1) is 12.6 Å². The van der Waals surface area contributed by atoms with Crippen LogP contribution >= 0.6 is 11.3 Å². The molecule has 0 unspecified atom stereocenters. The van der Waals surface area contributed by atoms with E-state index in [1.54, 1.807) is 17.5 Å². The Morgan fingerprint density at radius 3 is 2.64 bits per heavy atom. The number of amides is 1. The predicted molar refractivity (Wildman–Crippen MR) is 110 cm³/mol. The molecule has 1 saturated heterocycles. The first kappa shape index (κ1) is 19.6. The maximum Gasteiger partial charge on any atom is 0.252 e. The summed E-state index contributed by atoms with van der Waals surface area (Å²) in [5.41, 5.74) is 2.56. The van der Waals surface area contributed by atoms with Crippen molar-refractivity contribution in [3.8, 4) is 0 Å². The van der Waals surface area contributed by atoms with Gasteiger partial charge in [0.2, 0.25) is 5.91 Å². The fourth-order valence-electron chi connectivity index (χ4n) is 4.01. The Labute approximate surface area is 170 Å². The van der Waals surface area contributed by atoms with Crippen LogP contribution in [0.25, 0.3) is 0 Å². The van der Waals surface area contributed by atoms with Crippen LogP contribution in [0.3, 0.4) is 0 Å². The summed E-state index contributed by atoms with van der Waals surface area (Å²) < 4.78 is 27.1. The van der Waals surface area contributed by atoms with Gasteiger partial charge in [0, 0.05) is 26.2 Å². The third-order valence-corrected chi connectivity index (χ3v) is 8.76. The van der Waals surface area contributed by atoms with Crippen molar-refractivity contribution in [2.24, 2.45) is 0 Å². The van der Waals surface area contributed by atoms with Gasteiger partial charge < -0.3 is 5.32 Å². The quantitative estimate of drug-likeness (QED) is 0.807. The van der Waals surface area contributed by atoms with Crippen LogP contribution in [-0.2, 0) is 21.2 Å². The third kappa shape index (κ3) is 4.15. The summed E-state index contributed by atoms with van der Waals surface area (Å²) in [7, 11) is -3.40. The lowest BCUT2D eigenvalue weighted by atomic mass is 9.88. The highest BCUT2D eigenvalue weighted by Gasteiger charge is 2.30. The maximum atomic E-state index is 12.6. The van der Waals surface area contributed by atoms with Crippen molar-refractivity contribution < 1.29 is 13.2 Å². The molecule has 0 bridgehead atoms. The summed E-state index contributed by atoms with van der Waals surface area (Å²) in [5, 5.41) is 4.95. The molecule has 1 aromatic carbocycles. The average molecular weight is 420 g/mol. The van der Waals surface area contributed by atoms with Gasteiger partial charge in [-0.1, -0.05) is 30.3 Å². The van der Waals surface area contributed by atoms with E-state index in [0.29, 0.717) is 36.9 Å². The number of aryl methyl sites for hydroxylation is 1. The molecule has 1 aromatic heterocycles. The van der Waals surface area contributed by atoms with Crippen LogP contribution in [0, 0.1) is 0 Å². The summed E-state index contributed by atoms with van der Waals surface area (Å²) in [5.74, 6) is 0.0104. The van der Waals surface area contributed by atoms with Crippen LogP contribution < -0.4 is 5.32 Å². The number of thiophene rings is 1. The second-order valence-electron chi connectivity index (χ2n) is 7.32. The number of nitrogens with zero attached hydrogens (tertiary/aromatic N) is 2. The molecule has 1 N–H and O–H groups in total. The highest BCUT2D eigenvalue weighted by atomic mass is 32.2. The van der Waals surface area contributed by atoms with Gasteiger partial charge in [-0.3, -0.25) is 9.69 Å². The van der Waals surface area contributed by atoms with Crippen molar-refractivity contribution in [3.05, 3.63) is 52.9 Å². The summed E-state index contributed by atoms with van der Waals surface area (Å²) >= 11 is 1.24. The van der Waals surface area contributed by atoms with E-state index in [1.807, 2.05) is 17.0 Å². The number of nitrogens with one attached hydrogen (secondary N) is 1. The minimum Gasteiger partial charge on any atom is -0.348 e. The number of piperazine rings is 1. The van der Waals surface area contributed by atoms with E-state index in [0.717, 1.165) is 19.3 Å². The number of fused-ring (bicyclic) bond motifs is 1. The first-order valence-electron chi connectivity index (χ1n) is 9.67. The van der Waals surface area contributed by atoms with Crippen molar-refractivity contribution in [1.82, 2.24) is 14.5 Å². The van der Waals surface area contributed by atoms with Gasteiger partial charge in [-0.15, -0.1) is 11.3 Å². The molecule has 6 nitrogen and oxygen atoms in total. The molecule has 1 amide bonds. The van der Waals surface area contributed by atoms with Gasteiger partial charge in [-0.05, 0) is 41.8 Å². The van der Waals surface area contributed by atoms with Crippen LogP contribution in [0.1, 0.15) is 30.0 Å². The molecule has 1 atom stereocenters. The number of carbonyl (C=O) groups is 1. The Hall–Kier alpha value is -1.74. The lowest BCUT2D eigenvalue weighted by Crippen LogP contribution is -2.51. The number of hydrogen-bond donors (Lipinski definition) is 1. The normalized spacial score (nSPS) is 21.2. The van der Waals surface area contributed by atoms with Crippen molar-refractivity contribution in [1.29, 1.82) is 0 Å². The van der Waals surface area contributed by atoms with Crippen LogP contribution in [0.2, 0.25) is 0 Å². The highest BCUT2D eigenvalue weighted by Crippen LogP contribution is 2.29. The lowest BCUT2D eigenvalue weighted by molar-refractivity contribution is -0.123. The number of rotatable bonds is 5. The number of carbonyl (C=O) groups excluding carboxylic acids is 1. The molecule has 2 aliphatic rings. The molecule has 2 aromatic rings. The van der Waals surface area contributed by atoms with E-state index in [1.165, 1.54) is 26.8 Å². The zero-order valence-corrected chi connectivity index (χ0v) is 17.3. The largest absolute Gasteiger partial charge is 0.348 e. The second kappa shape index (κ2) is 8.32. The molecule has 1 aliphatic carbocycles. The van der Waals surface area contributed by atoms with E-state index in [-0.39, 0.29) is 11.9 Å². The predicted octanol–water partition coefficient (Wildman–Crippen LogP) is 2.25. The molecule has 0 spiro atoms. The minimum atomic E-state index is -3.40. The number of sulfonamides is 1. The Morgan fingerprint density at radius 1 is 1.11 bits per heavy atom. The monoisotopic (exact) mass is 419 g/mol. The molecule has 2 heterocycles. The van der Waals surface area contributed by atoms with Gasteiger partial charge in [-0.2, -0.15) is 4.31 Å². The Bertz CT molecular complexity index is 920. The third-order valence-electron chi connectivity index (χ3n) is 5.49. The van der Waals surface area contributed by atoms with Gasteiger partial charge in [-0.25, -0.2) is 8.42 Å². The Morgan fingerprint density at radius 2 is 1.89 bits per heavy atom. The van der Waals surface area contributed by atoms with Crippen molar-refractivity contribution in [2.45, 2.75) is 29.5 Å². The molecule has 0 radical (unpaired) electrons. The van der Waals surface area contributed by atoms with Gasteiger partial charge in [0.25, 0.3) is 10.0 Å². The smallest absolute Gasteiger partial charge is 0.252 e. The topological polar surface area (TPSA) is 69.7 Å². The van der Waals surface area contributed by atoms with E-state index >= 15 is 0 Å². The molecule has 1 aliphatic heterocycles. The first-order chi connectivity index (χ1) is 13.5. The first-order valence-corrected chi connectivity index (χ1v) is 12.0. The molecule has 0 saturated carbocycles. The Kier molecular flexibility index (Phi) is 5.82. The number of benzene rings is 1. The Balaban J connectivity index is 1.30. The summed E-state index contributed by atoms with van der Waals surface area (Å²) in [6.07, 6.45) is 3.13. The molecule has 28 heavy (non-hydrogen) atoms. The van der Waals surface area contributed by atoms with Crippen molar-refractivity contribution >= 4 is 27.3 Å². The van der Waals surface area contributed by atoms with Gasteiger partial charge in [0.15, 0.2) is 0 Å². The van der Waals surface area contributed by atoms with E-state index < -0.39 is 10.0 Å². The van der Waals surface area contributed by atoms with Crippen LogP contribution in [0.15, 0.2) is 46.0 Å². The fourth-order valence-corrected chi connectivity index (χ4v) is 6.58. The van der Waals surface area contributed by atoms with E-state index in [9.17, 15) is 13.2 Å². The second-order valence-corrected chi connectivity index (χ2v) is 10.4. The molecule has 1 fully saturated rings. The summed E-state index contributed by atoms with van der Waals surface area (Å²) in [4.78, 5) is 14.6. The maximum absolute atomic E-state index is 12.6. The average Bonchev–Trinajstić information content (AvgIpc) is 3.24. The van der Waals surface area contributed by atoms with E-state index in [4.69, 9.17) is 0 Å². The molecule has 8 heteroatoms. The molecule has 150 valence electrons. The summed E-state index contributed by atoms with van der Waals surface area (Å²) in [6, 6.07) is 11.8. The zero-order valence-electron chi connectivity index (χ0n) is 15.7. The molecule has 4 rings (SSSR count). The van der Waals surface area contributed by atoms with Crippen LogP contribution in [-0.4, -0.2) is 56.3 Å². The zero-order chi connectivity index (χ0) is 19.6. The summed E-state index contributed by atoms with van der Waals surface area (Å²) in [6.45, 7) is 2.28. The van der Waals surface area contributed by atoms with Gasteiger partial charge >= 0.3 is 0 Å². The van der Waals surface area contributed by atoms with Gasteiger partial charge in [0.1, 0.15) is 4.21 Å². The fraction of sp³-hybridized carbons (Fsp3) is 0.450.